The largest absolute Gasteiger partial charge is 0.455 e. The number of halogens is 3. The lowest BCUT2D eigenvalue weighted by Gasteiger charge is -2.56. The summed E-state index contributed by atoms with van der Waals surface area (Å²) in [6, 6.07) is 0. The van der Waals surface area contributed by atoms with Crippen LogP contribution in [0.1, 0.15) is 77.5 Å². The number of carbonyl (C=O) groups excluding carboxylic acids is 1. The molecule has 1 aromatic rings. The molecule has 1 unspecified atom stereocenters. The summed E-state index contributed by atoms with van der Waals surface area (Å²) >= 11 is 0. The lowest BCUT2D eigenvalue weighted by atomic mass is 9.49. The van der Waals surface area contributed by atoms with E-state index in [9.17, 15) is 23.1 Å². The molecular formula is C23H33F3N4O2. The Morgan fingerprint density at radius 2 is 1.81 bits per heavy atom. The Hall–Kier alpha value is -1.51. The van der Waals surface area contributed by atoms with E-state index in [1.54, 1.807) is 0 Å². The first-order valence-electron chi connectivity index (χ1n) is 12.1. The predicted molar refractivity (Wildman–Crippen MR) is 109 cm³/mol. The summed E-state index contributed by atoms with van der Waals surface area (Å²) in [4.78, 5) is 14.0. The Kier molecular flexibility index (Phi) is 5.23. The minimum Gasteiger partial charge on any atom is -0.390 e. The molecule has 9 heteroatoms. The summed E-state index contributed by atoms with van der Waals surface area (Å²) in [5.41, 5.74) is -0.623. The van der Waals surface area contributed by atoms with Crippen LogP contribution in [0, 0.1) is 40.9 Å². The van der Waals surface area contributed by atoms with Crippen molar-refractivity contribution in [3.05, 3.63) is 5.82 Å². The van der Waals surface area contributed by atoms with Crippen LogP contribution in [0.4, 0.5) is 13.2 Å². The van der Waals surface area contributed by atoms with E-state index in [2.05, 4.69) is 22.3 Å². The van der Waals surface area contributed by atoms with Crippen LogP contribution in [0.3, 0.4) is 0 Å². The number of carbonyl (C=O) groups is 1. The van der Waals surface area contributed by atoms with Crippen molar-refractivity contribution in [3.8, 4) is 0 Å². The van der Waals surface area contributed by atoms with E-state index in [1.807, 2.05) is 6.92 Å². The number of aliphatic hydroxyl groups is 1. The second kappa shape index (κ2) is 7.50. The van der Waals surface area contributed by atoms with Crippen molar-refractivity contribution in [1.29, 1.82) is 0 Å². The van der Waals surface area contributed by atoms with Gasteiger partial charge in [0.15, 0.2) is 5.78 Å². The molecule has 0 bridgehead atoms. The third-order valence-electron chi connectivity index (χ3n) is 9.63. The first-order chi connectivity index (χ1) is 15.0. The van der Waals surface area contributed by atoms with Crippen molar-refractivity contribution in [2.75, 3.05) is 0 Å². The fourth-order valence-corrected chi connectivity index (χ4v) is 8.28. The van der Waals surface area contributed by atoms with Gasteiger partial charge in [0.25, 0.3) is 5.82 Å². The van der Waals surface area contributed by atoms with Gasteiger partial charge >= 0.3 is 6.18 Å². The Labute approximate surface area is 186 Å². The monoisotopic (exact) mass is 454 g/mol. The average Bonchev–Trinajstić information content (AvgIpc) is 3.30. The van der Waals surface area contributed by atoms with E-state index < -0.39 is 17.6 Å². The second-order valence-corrected chi connectivity index (χ2v) is 11.5. The maximum absolute atomic E-state index is 13.2. The Morgan fingerprint density at radius 3 is 2.53 bits per heavy atom. The van der Waals surface area contributed by atoms with Gasteiger partial charge in [0, 0.05) is 5.92 Å². The Balaban J connectivity index is 1.29. The quantitative estimate of drug-likeness (QED) is 0.737. The van der Waals surface area contributed by atoms with E-state index in [4.69, 9.17) is 0 Å². The van der Waals surface area contributed by atoms with Gasteiger partial charge in [-0.05, 0) is 105 Å². The van der Waals surface area contributed by atoms with Gasteiger partial charge in [-0.1, -0.05) is 6.92 Å². The van der Waals surface area contributed by atoms with E-state index in [1.165, 1.54) is 6.42 Å². The van der Waals surface area contributed by atoms with Crippen molar-refractivity contribution in [1.82, 2.24) is 20.2 Å². The van der Waals surface area contributed by atoms with Gasteiger partial charge in [0.2, 0.25) is 0 Å². The highest BCUT2D eigenvalue weighted by Gasteiger charge is 2.58. The molecule has 6 nitrogen and oxygen atoms in total. The van der Waals surface area contributed by atoms with Crippen LogP contribution in [-0.4, -0.2) is 36.7 Å². The smallest absolute Gasteiger partial charge is 0.390 e. The van der Waals surface area contributed by atoms with Crippen LogP contribution in [0.15, 0.2) is 0 Å². The Morgan fingerprint density at radius 1 is 1.06 bits per heavy atom. The molecule has 8 atom stereocenters. The molecule has 0 aliphatic heterocycles. The fraction of sp³-hybridized carbons (Fsp3) is 0.913. The van der Waals surface area contributed by atoms with Crippen molar-refractivity contribution in [2.45, 2.75) is 90.0 Å². The SMILES string of the molecule is C[C@@]1(O)CC[C@H]2[C@H](CC[C@H]3C4CC[C@H](C(=O)Cn5nnc(C(F)(F)F)n5)[C@@]4(C)CC[C@H]23)C1. The minimum absolute atomic E-state index is 0.0676. The van der Waals surface area contributed by atoms with Crippen molar-refractivity contribution >= 4 is 5.78 Å². The zero-order valence-electron chi connectivity index (χ0n) is 18.8. The van der Waals surface area contributed by atoms with E-state index in [-0.39, 0.29) is 23.7 Å². The predicted octanol–water partition coefficient (Wildman–Crippen LogP) is 4.28. The molecule has 1 heterocycles. The molecule has 4 aliphatic carbocycles. The van der Waals surface area contributed by atoms with Gasteiger partial charge in [-0.2, -0.15) is 18.0 Å². The minimum atomic E-state index is -4.66. The summed E-state index contributed by atoms with van der Waals surface area (Å²) in [5.74, 6) is 1.58. The lowest BCUT2D eigenvalue weighted by Crippen LogP contribution is -2.51. The summed E-state index contributed by atoms with van der Waals surface area (Å²) < 4.78 is 38.3. The van der Waals surface area contributed by atoms with Gasteiger partial charge in [-0.25, -0.2) is 0 Å². The number of hydrogen-bond acceptors (Lipinski definition) is 5. The molecule has 178 valence electrons. The normalized spacial score (nSPS) is 43.9. The number of rotatable bonds is 3. The number of Topliss-reactive ketones (excluding diaryl/α,β-unsaturated/α-hetero) is 1. The molecule has 0 radical (unpaired) electrons. The van der Waals surface area contributed by atoms with Crippen LogP contribution in [-0.2, 0) is 17.5 Å². The van der Waals surface area contributed by atoms with Crippen LogP contribution in [0.25, 0.3) is 0 Å². The van der Waals surface area contributed by atoms with Crippen molar-refractivity contribution < 1.29 is 23.1 Å². The molecular weight excluding hydrogens is 421 g/mol. The number of alkyl halides is 3. The van der Waals surface area contributed by atoms with Gasteiger partial charge in [0.05, 0.1) is 5.60 Å². The zero-order valence-corrected chi connectivity index (χ0v) is 18.8. The van der Waals surface area contributed by atoms with Crippen LogP contribution in [0.5, 0.6) is 0 Å². The average molecular weight is 455 g/mol. The molecule has 0 aromatic carbocycles. The second-order valence-electron chi connectivity index (χ2n) is 11.5. The lowest BCUT2D eigenvalue weighted by molar-refractivity contribution is -0.145. The van der Waals surface area contributed by atoms with Crippen LogP contribution >= 0.6 is 0 Å². The summed E-state index contributed by atoms with van der Waals surface area (Å²) in [6.45, 7) is 3.96. The molecule has 0 amide bonds. The molecule has 4 aliphatic rings. The maximum Gasteiger partial charge on any atom is 0.455 e. The first-order valence-corrected chi connectivity index (χ1v) is 12.1. The van der Waals surface area contributed by atoms with Crippen molar-refractivity contribution in [2.24, 2.45) is 40.9 Å². The standard InChI is InChI=1S/C23H33F3N4O2/c1-21(32)9-7-14-13(11-21)3-4-16-15(14)8-10-22(2)17(16)5-6-18(22)19(31)12-30-28-20(27-29-30)23(24,25)26/h13-18,32H,3-12H2,1-2H3/t13-,14+,15-,16-,17?,18-,21-,22+/m1/s1. The number of hydrogen-bond donors (Lipinski definition) is 1. The number of nitrogens with zero attached hydrogens (tertiary/aromatic N) is 4. The highest BCUT2D eigenvalue weighted by Crippen LogP contribution is 2.64. The summed E-state index contributed by atoms with van der Waals surface area (Å²) in [7, 11) is 0. The third-order valence-corrected chi connectivity index (χ3v) is 9.63. The van der Waals surface area contributed by atoms with Gasteiger partial charge < -0.3 is 5.11 Å². The highest BCUT2D eigenvalue weighted by molar-refractivity contribution is 5.81. The molecule has 4 saturated carbocycles. The van der Waals surface area contributed by atoms with Gasteiger partial charge in [-0.15, -0.1) is 10.2 Å². The van der Waals surface area contributed by atoms with Gasteiger partial charge in [-0.3, -0.25) is 4.79 Å². The van der Waals surface area contributed by atoms with Crippen LogP contribution < -0.4 is 0 Å². The zero-order chi connectivity index (χ0) is 22.9. The van der Waals surface area contributed by atoms with Crippen LogP contribution in [0.2, 0.25) is 0 Å². The fourth-order valence-electron chi connectivity index (χ4n) is 8.28. The van der Waals surface area contributed by atoms with Gasteiger partial charge in [0.1, 0.15) is 6.54 Å². The molecule has 5 rings (SSSR count). The molecule has 0 saturated heterocycles. The van der Waals surface area contributed by atoms with E-state index in [0.29, 0.717) is 29.6 Å². The molecule has 1 aromatic heterocycles. The molecule has 4 fully saturated rings. The third kappa shape index (κ3) is 3.68. The van der Waals surface area contributed by atoms with E-state index in [0.717, 1.165) is 56.2 Å². The molecule has 0 spiro atoms. The first kappa shape index (κ1) is 22.3. The Bertz CT molecular complexity index is 885. The number of fused-ring (bicyclic) bond motifs is 5. The molecule has 1 N–H and O–H groups in total. The molecule has 32 heavy (non-hydrogen) atoms. The number of tetrazole rings is 1. The number of aromatic nitrogens is 4. The maximum atomic E-state index is 13.2. The van der Waals surface area contributed by atoms with Crippen molar-refractivity contribution in [3.63, 3.8) is 0 Å². The summed E-state index contributed by atoms with van der Waals surface area (Å²) in [6.07, 6.45) is 4.49. The van der Waals surface area contributed by atoms with E-state index >= 15 is 0 Å². The number of ketones is 1. The highest BCUT2D eigenvalue weighted by atomic mass is 19.4. The topological polar surface area (TPSA) is 80.9 Å². The summed E-state index contributed by atoms with van der Waals surface area (Å²) in [5, 5.41) is 20.4.